The summed E-state index contributed by atoms with van der Waals surface area (Å²) in [7, 11) is -1.35. The van der Waals surface area contributed by atoms with Crippen LogP contribution in [0.5, 0.6) is 5.75 Å². The zero-order chi connectivity index (χ0) is 23.3. The number of nitrogens with one attached hydrogen (secondary N) is 1. The van der Waals surface area contributed by atoms with Crippen molar-refractivity contribution >= 4 is 26.9 Å². The fourth-order valence-corrected chi connectivity index (χ4v) is 4.74. The lowest BCUT2D eigenvalue weighted by Gasteiger charge is -2.22. The van der Waals surface area contributed by atoms with Gasteiger partial charge in [0.25, 0.3) is 5.56 Å². The van der Waals surface area contributed by atoms with Crippen LogP contribution < -0.4 is 10.3 Å². The molecule has 0 atom stereocenters. The SMILES string of the molecule is COC(=O)c1cccc(S(=O)(=O)N(CCCO)Cc2cc3ccc(OC)cc3[nH]c2=O)c1. The monoisotopic (exact) mass is 460 g/mol. The van der Waals surface area contributed by atoms with Crippen molar-refractivity contribution in [3.8, 4) is 5.75 Å². The summed E-state index contributed by atoms with van der Waals surface area (Å²) in [5.41, 5.74) is 0.466. The zero-order valence-electron chi connectivity index (χ0n) is 17.7. The van der Waals surface area contributed by atoms with E-state index in [-0.39, 0.29) is 42.1 Å². The maximum absolute atomic E-state index is 13.3. The molecule has 2 aromatic carbocycles. The maximum atomic E-state index is 13.3. The normalized spacial score (nSPS) is 11.6. The molecule has 0 bridgehead atoms. The minimum Gasteiger partial charge on any atom is -0.497 e. The number of esters is 1. The molecule has 0 fully saturated rings. The molecule has 1 heterocycles. The Bertz CT molecular complexity index is 1280. The van der Waals surface area contributed by atoms with Gasteiger partial charge in [-0.1, -0.05) is 6.07 Å². The Hall–Kier alpha value is -3.21. The largest absolute Gasteiger partial charge is 0.497 e. The van der Waals surface area contributed by atoms with Crippen molar-refractivity contribution in [2.45, 2.75) is 17.9 Å². The molecule has 3 aromatic rings. The van der Waals surface area contributed by atoms with Crippen LogP contribution in [0, 0.1) is 0 Å². The van der Waals surface area contributed by atoms with Gasteiger partial charge < -0.3 is 19.6 Å². The van der Waals surface area contributed by atoms with E-state index in [2.05, 4.69) is 9.72 Å². The molecule has 2 N–H and O–H groups in total. The van der Waals surface area contributed by atoms with Gasteiger partial charge in [-0.15, -0.1) is 0 Å². The zero-order valence-corrected chi connectivity index (χ0v) is 18.5. The number of aliphatic hydroxyl groups excluding tert-OH is 1. The summed E-state index contributed by atoms with van der Waals surface area (Å²) in [4.78, 5) is 27.1. The fourth-order valence-electron chi connectivity index (χ4n) is 3.24. The van der Waals surface area contributed by atoms with Crippen LogP contribution in [0.1, 0.15) is 22.3 Å². The molecule has 170 valence electrons. The number of aromatic nitrogens is 1. The molecule has 0 unspecified atom stereocenters. The first-order chi connectivity index (χ1) is 15.3. The van der Waals surface area contributed by atoms with Crippen molar-refractivity contribution in [2.75, 3.05) is 27.4 Å². The molecule has 9 nitrogen and oxygen atoms in total. The van der Waals surface area contributed by atoms with Crippen LogP contribution in [0.3, 0.4) is 0 Å². The second-order valence-corrected chi connectivity index (χ2v) is 8.95. The standard InChI is InChI=1S/C22H24N2O7S/c1-30-18-8-7-15-11-17(21(26)23-20(15)13-18)14-24(9-4-10-25)32(28,29)19-6-3-5-16(12-19)22(27)31-2/h3,5-8,11-13,25H,4,9-10,14H2,1-2H3,(H,23,26). The Balaban J connectivity index is 2.00. The molecule has 3 rings (SSSR count). The van der Waals surface area contributed by atoms with E-state index in [0.29, 0.717) is 16.7 Å². The van der Waals surface area contributed by atoms with Crippen molar-refractivity contribution in [1.82, 2.24) is 9.29 Å². The highest BCUT2D eigenvalue weighted by Crippen LogP contribution is 2.22. The number of benzene rings is 2. The minimum atomic E-state index is -4.07. The topological polar surface area (TPSA) is 126 Å². The van der Waals surface area contributed by atoms with Gasteiger partial charge in [-0.05, 0) is 48.2 Å². The van der Waals surface area contributed by atoms with Gasteiger partial charge in [-0.3, -0.25) is 4.79 Å². The van der Waals surface area contributed by atoms with Gasteiger partial charge in [-0.2, -0.15) is 4.31 Å². The number of H-pyrrole nitrogens is 1. The molecule has 0 aliphatic carbocycles. The first-order valence-corrected chi connectivity index (χ1v) is 11.2. The molecule has 0 spiro atoms. The molecule has 0 aliphatic heterocycles. The predicted octanol–water partition coefficient (Wildman–Crippen LogP) is 1.90. The van der Waals surface area contributed by atoms with Crippen molar-refractivity contribution < 1.29 is 27.8 Å². The van der Waals surface area contributed by atoms with E-state index in [0.717, 1.165) is 4.31 Å². The van der Waals surface area contributed by atoms with Crippen LogP contribution >= 0.6 is 0 Å². The molecule has 10 heteroatoms. The van der Waals surface area contributed by atoms with E-state index in [1.807, 2.05) is 0 Å². The van der Waals surface area contributed by atoms with Crippen molar-refractivity contribution in [3.63, 3.8) is 0 Å². The Kier molecular flexibility index (Phi) is 7.29. The molecule has 1 aromatic heterocycles. The molecule has 0 amide bonds. The quantitative estimate of drug-likeness (QED) is 0.467. The second kappa shape index (κ2) is 9.94. The van der Waals surface area contributed by atoms with Gasteiger partial charge in [0.15, 0.2) is 0 Å². The van der Waals surface area contributed by atoms with Crippen molar-refractivity contribution in [2.24, 2.45) is 0 Å². The van der Waals surface area contributed by atoms with Gasteiger partial charge in [0.1, 0.15) is 5.75 Å². The Morgan fingerprint density at radius 3 is 2.59 bits per heavy atom. The van der Waals surface area contributed by atoms with Gasteiger partial charge in [0.05, 0.1) is 30.2 Å². The van der Waals surface area contributed by atoms with Crippen LogP contribution in [0.4, 0.5) is 0 Å². The van der Waals surface area contributed by atoms with E-state index in [1.165, 1.54) is 38.5 Å². The van der Waals surface area contributed by atoms with E-state index in [4.69, 9.17) is 4.74 Å². The summed E-state index contributed by atoms with van der Waals surface area (Å²) in [6, 6.07) is 12.3. The summed E-state index contributed by atoms with van der Waals surface area (Å²) in [5.74, 6) is -0.0797. The number of carbonyl (C=O) groups is 1. The average molecular weight is 461 g/mol. The van der Waals surface area contributed by atoms with E-state index >= 15 is 0 Å². The van der Waals surface area contributed by atoms with Crippen LogP contribution in [0.25, 0.3) is 10.9 Å². The molecule has 0 saturated heterocycles. The number of pyridine rings is 1. The number of ether oxygens (including phenoxy) is 2. The van der Waals surface area contributed by atoms with Crippen LogP contribution in [0.15, 0.2) is 58.2 Å². The molecule has 0 saturated carbocycles. The fraction of sp³-hybridized carbons (Fsp3) is 0.273. The van der Waals surface area contributed by atoms with Crippen LogP contribution in [-0.2, 0) is 21.3 Å². The molecule has 0 radical (unpaired) electrons. The van der Waals surface area contributed by atoms with Gasteiger partial charge >= 0.3 is 5.97 Å². The summed E-state index contributed by atoms with van der Waals surface area (Å²) >= 11 is 0. The Labute approximate surface area is 185 Å². The number of methoxy groups -OCH3 is 2. The average Bonchev–Trinajstić information content (AvgIpc) is 2.80. The number of rotatable bonds is 9. The number of nitrogens with zero attached hydrogens (tertiary/aromatic N) is 1. The third kappa shape index (κ3) is 4.98. The smallest absolute Gasteiger partial charge is 0.337 e. The predicted molar refractivity (Wildman–Crippen MR) is 118 cm³/mol. The first-order valence-electron chi connectivity index (χ1n) is 9.79. The van der Waals surface area contributed by atoms with Crippen molar-refractivity contribution in [1.29, 1.82) is 0 Å². The first kappa shape index (κ1) is 23.5. The number of aliphatic hydroxyl groups is 1. The van der Waals surface area contributed by atoms with Crippen molar-refractivity contribution in [3.05, 3.63) is 70.0 Å². The minimum absolute atomic E-state index is 0.0125. The van der Waals surface area contributed by atoms with Gasteiger partial charge in [0.2, 0.25) is 10.0 Å². The van der Waals surface area contributed by atoms with Crippen LogP contribution in [-0.4, -0.2) is 56.2 Å². The van der Waals surface area contributed by atoms with Gasteiger partial charge in [-0.25, -0.2) is 13.2 Å². The second-order valence-electron chi connectivity index (χ2n) is 7.01. The van der Waals surface area contributed by atoms with Crippen LogP contribution in [0.2, 0.25) is 0 Å². The lowest BCUT2D eigenvalue weighted by atomic mass is 10.1. The number of hydrogen-bond donors (Lipinski definition) is 2. The summed E-state index contributed by atoms with van der Waals surface area (Å²) < 4.78 is 37.6. The summed E-state index contributed by atoms with van der Waals surface area (Å²) in [6.45, 7) is -0.439. The molecule has 0 aliphatic rings. The number of sulfonamides is 1. The summed E-state index contributed by atoms with van der Waals surface area (Å²) in [5, 5.41) is 9.96. The number of carbonyl (C=O) groups excluding carboxylic acids is 1. The highest BCUT2D eigenvalue weighted by atomic mass is 32.2. The van der Waals surface area contributed by atoms with E-state index in [1.54, 1.807) is 24.3 Å². The molecule has 32 heavy (non-hydrogen) atoms. The number of fused-ring (bicyclic) bond motifs is 1. The Morgan fingerprint density at radius 2 is 1.91 bits per heavy atom. The highest BCUT2D eigenvalue weighted by molar-refractivity contribution is 7.89. The lowest BCUT2D eigenvalue weighted by molar-refractivity contribution is 0.0600. The Morgan fingerprint density at radius 1 is 1.12 bits per heavy atom. The van der Waals surface area contributed by atoms with Gasteiger partial charge in [0, 0.05) is 31.3 Å². The highest BCUT2D eigenvalue weighted by Gasteiger charge is 2.26. The third-order valence-electron chi connectivity index (χ3n) is 4.94. The lowest BCUT2D eigenvalue weighted by Crippen LogP contribution is -2.34. The van der Waals surface area contributed by atoms with E-state index in [9.17, 15) is 23.1 Å². The van der Waals surface area contributed by atoms with E-state index < -0.39 is 21.6 Å². The molecular weight excluding hydrogens is 436 g/mol. The number of aromatic amines is 1. The molecular formula is C22H24N2O7S. The summed E-state index contributed by atoms with van der Waals surface area (Å²) in [6.07, 6.45) is 0.179. The number of hydrogen-bond acceptors (Lipinski definition) is 7. The third-order valence-corrected chi connectivity index (χ3v) is 6.78. The maximum Gasteiger partial charge on any atom is 0.337 e.